The zero-order valence-corrected chi connectivity index (χ0v) is 12.2. The molecule has 3 atom stereocenters. The Bertz CT molecular complexity index is 258. The molecule has 0 spiro atoms. The Morgan fingerprint density at radius 2 is 1.50 bits per heavy atom. The third kappa shape index (κ3) is 2.34. The van der Waals surface area contributed by atoms with Crippen molar-refractivity contribution in [1.82, 2.24) is 10.2 Å². The molecule has 1 N–H and O–H groups in total. The average Bonchev–Trinajstić information content (AvgIpc) is 2.64. The summed E-state index contributed by atoms with van der Waals surface area (Å²) in [6.45, 7) is 0. The molecule has 104 valence electrons. The van der Waals surface area contributed by atoms with Gasteiger partial charge in [0, 0.05) is 18.1 Å². The van der Waals surface area contributed by atoms with E-state index in [4.69, 9.17) is 0 Å². The van der Waals surface area contributed by atoms with Crippen molar-refractivity contribution in [1.29, 1.82) is 0 Å². The van der Waals surface area contributed by atoms with E-state index >= 15 is 0 Å². The lowest BCUT2D eigenvalue weighted by atomic mass is 9.74. The summed E-state index contributed by atoms with van der Waals surface area (Å²) in [6.07, 6.45) is 13.2. The smallest absolute Gasteiger partial charge is 0.0122 e. The van der Waals surface area contributed by atoms with Crippen molar-refractivity contribution in [2.75, 3.05) is 14.1 Å². The van der Waals surface area contributed by atoms with Crippen LogP contribution in [-0.2, 0) is 0 Å². The molecule has 3 fully saturated rings. The van der Waals surface area contributed by atoms with Crippen LogP contribution >= 0.6 is 0 Å². The third-order valence-corrected chi connectivity index (χ3v) is 6.13. The Labute approximate surface area is 113 Å². The van der Waals surface area contributed by atoms with Gasteiger partial charge in [-0.2, -0.15) is 0 Å². The van der Waals surface area contributed by atoms with Gasteiger partial charge in [-0.05, 0) is 64.5 Å². The van der Waals surface area contributed by atoms with Gasteiger partial charge in [0.1, 0.15) is 0 Å². The lowest BCUT2D eigenvalue weighted by Crippen LogP contribution is -2.49. The Kier molecular flexibility index (Phi) is 3.95. The van der Waals surface area contributed by atoms with Crippen LogP contribution in [0.5, 0.6) is 0 Å². The minimum absolute atomic E-state index is 0.807. The normalized spacial score (nSPS) is 40.0. The van der Waals surface area contributed by atoms with Crippen molar-refractivity contribution in [3.63, 3.8) is 0 Å². The van der Waals surface area contributed by atoms with Crippen molar-refractivity contribution in [3.8, 4) is 0 Å². The number of hydrogen-bond acceptors (Lipinski definition) is 2. The van der Waals surface area contributed by atoms with Gasteiger partial charge in [-0.3, -0.25) is 0 Å². The number of fused-ring (bicyclic) bond motifs is 2. The first kappa shape index (κ1) is 12.9. The molecule has 2 aliphatic heterocycles. The highest BCUT2D eigenvalue weighted by atomic mass is 15.2. The number of rotatable bonds is 3. The molecule has 0 aromatic heterocycles. The second kappa shape index (κ2) is 5.50. The monoisotopic (exact) mass is 250 g/mol. The fourth-order valence-electron chi connectivity index (χ4n) is 5.10. The highest BCUT2D eigenvalue weighted by molar-refractivity contribution is 4.98. The van der Waals surface area contributed by atoms with Crippen molar-refractivity contribution in [2.45, 2.75) is 75.9 Å². The highest BCUT2D eigenvalue weighted by Crippen LogP contribution is 2.41. The maximum absolute atomic E-state index is 3.71. The maximum atomic E-state index is 3.71. The Morgan fingerprint density at radius 3 is 2.06 bits per heavy atom. The molecule has 1 saturated carbocycles. The molecule has 3 unspecified atom stereocenters. The Hall–Kier alpha value is -0.0800. The van der Waals surface area contributed by atoms with E-state index in [-0.39, 0.29) is 0 Å². The fourth-order valence-corrected chi connectivity index (χ4v) is 5.10. The second-order valence-electron chi connectivity index (χ2n) is 6.99. The van der Waals surface area contributed by atoms with E-state index < -0.39 is 0 Å². The van der Waals surface area contributed by atoms with Crippen LogP contribution < -0.4 is 5.32 Å². The Balaban J connectivity index is 1.65. The van der Waals surface area contributed by atoms with Gasteiger partial charge in [0.25, 0.3) is 0 Å². The zero-order valence-electron chi connectivity index (χ0n) is 12.2. The molecule has 1 aliphatic carbocycles. The molecule has 18 heavy (non-hydrogen) atoms. The summed E-state index contributed by atoms with van der Waals surface area (Å²) in [5.41, 5.74) is 0. The third-order valence-electron chi connectivity index (χ3n) is 6.13. The molecule has 0 radical (unpaired) electrons. The summed E-state index contributed by atoms with van der Waals surface area (Å²) in [5.74, 6) is 1.92. The van der Waals surface area contributed by atoms with Gasteiger partial charge in [-0.25, -0.2) is 0 Å². The van der Waals surface area contributed by atoms with Gasteiger partial charge < -0.3 is 10.2 Å². The largest absolute Gasteiger partial charge is 0.316 e. The minimum Gasteiger partial charge on any atom is -0.316 e. The molecule has 0 aromatic rings. The predicted molar refractivity (Wildman–Crippen MR) is 76.7 cm³/mol. The van der Waals surface area contributed by atoms with Crippen LogP contribution in [0.3, 0.4) is 0 Å². The standard InChI is InChI=1S/C16H30N2/c1-17-16(12-6-4-3-5-7-12)13-10-14-8-9-15(11-13)18(14)2/h12-17H,3-11H2,1-2H3. The lowest BCUT2D eigenvalue weighted by Gasteiger charge is -2.43. The maximum Gasteiger partial charge on any atom is 0.0122 e. The van der Waals surface area contributed by atoms with E-state index in [0.717, 1.165) is 30.0 Å². The summed E-state index contributed by atoms with van der Waals surface area (Å²) in [6, 6.07) is 2.60. The first-order chi connectivity index (χ1) is 8.79. The van der Waals surface area contributed by atoms with Gasteiger partial charge in [0.05, 0.1) is 0 Å². The molecule has 0 amide bonds. The average molecular weight is 250 g/mol. The van der Waals surface area contributed by atoms with Crippen molar-refractivity contribution in [2.24, 2.45) is 11.8 Å². The molecular formula is C16H30N2. The Morgan fingerprint density at radius 1 is 0.889 bits per heavy atom. The van der Waals surface area contributed by atoms with E-state index in [1.54, 1.807) is 0 Å². The van der Waals surface area contributed by atoms with Gasteiger partial charge in [-0.15, -0.1) is 0 Å². The first-order valence-corrected chi connectivity index (χ1v) is 8.18. The zero-order chi connectivity index (χ0) is 12.5. The summed E-state index contributed by atoms with van der Waals surface area (Å²) in [5, 5.41) is 3.71. The van der Waals surface area contributed by atoms with Gasteiger partial charge in [-0.1, -0.05) is 19.3 Å². The van der Waals surface area contributed by atoms with Crippen molar-refractivity contribution < 1.29 is 0 Å². The molecule has 2 nitrogen and oxygen atoms in total. The molecule has 2 heterocycles. The summed E-state index contributed by atoms with van der Waals surface area (Å²) >= 11 is 0. The number of nitrogens with one attached hydrogen (secondary N) is 1. The predicted octanol–water partition coefficient (Wildman–Crippen LogP) is 3.03. The van der Waals surface area contributed by atoms with E-state index in [9.17, 15) is 0 Å². The highest BCUT2D eigenvalue weighted by Gasteiger charge is 2.42. The number of hydrogen-bond donors (Lipinski definition) is 1. The van der Waals surface area contributed by atoms with E-state index in [2.05, 4.69) is 24.3 Å². The van der Waals surface area contributed by atoms with Crippen LogP contribution in [0, 0.1) is 11.8 Å². The quantitative estimate of drug-likeness (QED) is 0.828. The van der Waals surface area contributed by atoms with E-state index in [1.807, 2.05) is 0 Å². The molecular weight excluding hydrogens is 220 g/mol. The van der Waals surface area contributed by atoms with Crippen molar-refractivity contribution in [3.05, 3.63) is 0 Å². The lowest BCUT2D eigenvalue weighted by molar-refractivity contribution is 0.0894. The summed E-state index contributed by atoms with van der Waals surface area (Å²) in [7, 11) is 4.56. The molecule has 3 aliphatic rings. The van der Waals surface area contributed by atoms with Crippen molar-refractivity contribution >= 4 is 0 Å². The fraction of sp³-hybridized carbons (Fsp3) is 1.00. The summed E-state index contributed by atoms with van der Waals surface area (Å²) < 4.78 is 0. The topological polar surface area (TPSA) is 15.3 Å². The van der Waals surface area contributed by atoms with Crippen LogP contribution in [0.1, 0.15) is 57.8 Å². The number of nitrogens with zero attached hydrogens (tertiary/aromatic N) is 1. The number of piperidine rings is 1. The SMILES string of the molecule is CNC(C1CCCCC1)C1CC2CCC(C1)N2C. The molecule has 3 rings (SSSR count). The van der Waals surface area contributed by atoms with E-state index in [0.29, 0.717) is 0 Å². The van der Waals surface area contributed by atoms with Crippen LogP contribution in [-0.4, -0.2) is 37.1 Å². The van der Waals surface area contributed by atoms with Crippen LogP contribution in [0.4, 0.5) is 0 Å². The first-order valence-electron chi connectivity index (χ1n) is 8.18. The second-order valence-corrected chi connectivity index (χ2v) is 6.99. The van der Waals surface area contributed by atoms with Gasteiger partial charge in [0.15, 0.2) is 0 Å². The van der Waals surface area contributed by atoms with Crippen LogP contribution in [0.15, 0.2) is 0 Å². The molecule has 2 heteroatoms. The van der Waals surface area contributed by atoms with E-state index in [1.165, 1.54) is 57.8 Å². The molecule has 0 aromatic carbocycles. The molecule has 2 saturated heterocycles. The van der Waals surface area contributed by atoms with Crippen LogP contribution in [0.2, 0.25) is 0 Å². The minimum atomic E-state index is 0.807. The van der Waals surface area contributed by atoms with Crippen LogP contribution in [0.25, 0.3) is 0 Å². The molecule has 2 bridgehead atoms. The van der Waals surface area contributed by atoms with Gasteiger partial charge in [0.2, 0.25) is 0 Å². The van der Waals surface area contributed by atoms with Gasteiger partial charge >= 0.3 is 0 Å². The summed E-state index contributed by atoms with van der Waals surface area (Å²) in [4.78, 5) is 2.67.